The first-order valence-electron chi connectivity index (χ1n) is 10.4. The van der Waals surface area contributed by atoms with Gasteiger partial charge in [-0.2, -0.15) is 0 Å². The van der Waals surface area contributed by atoms with Crippen molar-refractivity contribution < 1.29 is 31.5 Å². The Kier molecular flexibility index (Phi) is 5.61. The van der Waals surface area contributed by atoms with Gasteiger partial charge in [-0.25, -0.2) is 21.6 Å². The maximum atomic E-state index is 14.6. The third kappa shape index (κ3) is 3.81. The highest BCUT2D eigenvalue weighted by atomic mass is 32.2. The van der Waals surface area contributed by atoms with Crippen molar-refractivity contribution in [3.05, 3.63) is 59.4 Å². The van der Waals surface area contributed by atoms with E-state index in [1.54, 1.807) is 6.92 Å². The Morgan fingerprint density at radius 1 is 1.03 bits per heavy atom. The summed E-state index contributed by atoms with van der Waals surface area (Å²) in [5, 5.41) is 12.3. The Morgan fingerprint density at radius 2 is 1.72 bits per heavy atom. The second-order valence-corrected chi connectivity index (χ2v) is 11.3. The van der Waals surface area contributed by atoms with Crippen LogP contribution in [0.2, 0.25) is 0 Å². The van der Waals surface area contributed by atoms with E-state index in [4.69, 9.17) is 0 Å². The van der Waals surface area contributed by atoms with Crippen molar-refractivity contribution in [1.82, 2.24) is 0 Å². The van der Waals surface area contributed by atoms with Crippen LogP contribution >= 0.6 is 0 Å². The van der Waals surface area contributed by atoms with Gasteiger partial charge in [0.15, 0.2) is 21.5 Å². The zero-order valence-corrected chi connectivity index (χ0v) is 18.4. The molecule has 2 saturated carbocycles. The van der Waals surface area contributed by atoms with Gasteiger partial charge < -0.3 is 10.4 Å². The molecule has 0 spiro atoms. The molecule has 9 heteroatoms. The van der Waals surface area contributed by atoms with Crippen LogP contribution in [-0.4, -0.2) is 30.3 Å². The third-order valence-corrected chi connectivity index (χ3v) is 9.29. The molecule has 2 aliphatic rings. The van der Waals surface area contributed by atoms with Crippen molar-refractivity contribution in [2.45, 2.75) is 48.9 Å². The lowest BCUT2D eigenvalue weighted by Gasteiger charge is -2.40. The molecule has 2 aromatic rings. The number of amides is 1. The number of nitrogens with one attached hydrogen (secondary N) is 1. The van der Waals surface area contributed by atoms with Crippen LogP contribution in [0.1, 0.15) is 43.5 Å². The first-order valence-corrected chi connectivity index (χ1v) is 12.0. The number of sulfone groups is 1. The Hall–Kier alpha value is -2.39. The molecule has 4 rings (SSSR count). The summed E-state index contributed by atoms with van der Waals surface area (Å²) in [7, 11) is -4.11. The zero-order valence-electron chi connectivity index (χ0n) is 17.6. The summed E-state index contributed by atoms with van der Waals surface area (Å²) in [6.07, 6.45) is 1.15. The number of hydrogen-bond donors (Lipinski definition) is 2. The highest BCUT2D eigenvalue weighted by molar-refractivity contribution is 7.92. The molecule has 1 amide bonds. The predicted molar refractivity (Wildman–Crippen MR) is 112 cm³/mol. The molecule has 0 radical (unpaired) electrons. The second-order valence-electron chi connectivity index (χ2n) is 9.11. The van der Waals surface area contributed by atoms with Gasteiger partial charge in [0.05, 0.1) is 10.9 Å². The predicted octanol–water partition coefficient (Wildman–Crippen LogP) is 4.32. The molecular weight excluding hydrogens is 443 g/mol. The van der Waals surface area contributed by atoms with E-state index in [1.165, 1.54) is 0 Å². The normalized spacial score (nSPS) is 29.7. The van der Waals surface area contributed by atoms with Gasteiger partial charge in [-0.3, -0.25) is 4.79 Å². The summed E-state index contributed by atoms with van der Waals surface area (Å²) in [6.45, 7) is 3.72. The Morgan fingerprint density at radius 3 is 2.38 bits per heavy atom. The van der Waals surface area contributed by atoms with E-state index in [9.17, 15) is 31.5 Å². The van der Waals surface area contributed by atoms with Crippen molar-refractivity contribution in [2.24, 2.45) is 17.8 Å². The summed E-state index contributed by atoms with van der Waals surface area (Å²) in [6, 6.07) is 5.79. The molecule has 0 aliphatic heterocycles. The smallest absolute Gasteiger partial charge is 0.255 e. The first-order chi connectivity index (χ1) is 14.9. The first kappa shape index (κ1) is 22.8. The van der Waals surface area contributed by atoms with Crippen LogP contribution in [0.15, 0.2) is 41.3 Å². The third-order valence-electron chi connectivity index (χ3n) is 7.10. The average molecular weight is 468 g/mol. The maximum Gasteiger partial charge on any atom is 0.255 e. The summed E-state index contributed by atoms with van der Waals surface area (Å²) in [4.78, 5) is 12.0. The van der Waals surface area contributed by atoms with Gasteiger partial charge >= 0.3 is 0 Å². The largest absolute Gasteiger partial charge is 0.390 e. The molecule has 32 heavy (non-hydrogen) atoms. The molecule has 0 heterocycles. The van der Waals surface area contributed by atoms with Crippen LogP contribution in [0.3, 0.4) is 0 Å². The fraction of sp³-hybridized carbons (Fsp3) is 0.435. The van der Waals surface area contributed by atoms with Crippen molar-refractivity contribution in [2.75, 3.05) is 5.32 Å². The number of rotatable bonds is 4. The van der Waals surface area contributed by atoms with E-state index in [2.05, 4.69) is 5.32 Å². The van der Waals surface area contributed by atoms with E-state index in [0.717, 1.165) is 36.4 Å². The molecule has 0 aromatic heterocycles. The Labute approximate surface area is 184 Å². The summed E-state index contributed by atoms with van der Waals surface area (Å²) < 4.78 is 67.7. The molecule has 0 saturated heterocycles. The molecule has 1 unspecified atom stereocenters. The lowest BCUT2D eigenvalue weighted by atomic mass is 9.74. The molecule has 2 aliphatic carbocycles. The number of carbonyl (C=O) groups is 1. The number of carbonyl (C=O) groups excluding carboxylic acids is 1. The SMILES string of the molecule is C[C@H]1CC2C[C@@H](S(=O)(=O)c3cc(C(=O)Nc4ccc(F)c(F)c4)ccc3F)C[C@H]1[C@]2(C)O. The molecule has 2 bridgehead atoms. The maximum absolute atomic E-state index is 14.6. The van der Waals surface area contributed by atoms with Crippen molar-refractivity contribution in [3.8, 4) is 0 Å². The number of benzene rings is 2. The monoisotopic (exact) mass is 467 g/mol. The summed E-state index contributed by atoms with van der Waals surface area (Å²) in [5.41, 5.74) is -1.10. The molecule has 5 nitrogen and oxygen atoms in total. The summed E-state index contributed by atoms with van der Waals surface area (Å²) >= 11 is 0. The number of halogens is 3. The van der Waals surface area contributed by atoms with Crippen molar-refractivity contribution in [1.29, 1.82) is 0 Å². The number of fused-ring (bicyclic) bond motifs is 2. The van der Waals surface area contributed by atoms with E-state index in [-0.39, 0.29) is 41.8 Å². The van der Waals surface area contributed by atoms with Gasteiger partial charge in [-0.15, -0.1) is 0 Å². The topological polar surface area (TPSA) is 83.5 Å². The van der Waals surface area contributed by atoms with E-state index in [1.807, 2.05) is 6.92 Å². The molecule has 5 atom stereocenters. The molecule has 172 valence electrons. The van der Waals surface area contributed by atoms with Gasteiger partial charge in [-0.1, -0.05) is 6.92 Å². The van der Waals surface area contributed by atoms with Crippen LogP contribution in [0.5, 0.6) is 0 Å². The van der Waals surface area contributed by atoms with Crippen LogP contribution in [0.25, 0.3) is 0 Å². The van der Waals surface area contributed by atoms with Gasteiger partial charge in [0.25, 0.3) is 5.91 Å². The number of hydrogen-bond acceptors (Lipinski definition) is 4. The summed E-state index contributed by atoms with van der Waals surface area (Å²) in [5.74, 6) is -4.22. The minimum atomic E-state index is -4.11. The molecule has 2 N–H and O–H groups in total. The molecule has 2 aromatic carbocycles. The van der Waals surface area contributed by atoms with E-state index < -0.39 is 48.9 Å². The van der Waals surface area contributed by atoms with E-state index >= 15 is 0 Å². The Bertz CT molecular complexity index is 1180. The lowest BCUT2D eigenvalue weighted by molar-refractivity contribution is -0.0466. The van der Waals surface area contributed by atoms with Gasteiger partial charge in [-0.05, 0) is 74.3 Å². The second kappa shape index (κ2) is 7.88. The van der Waals surface area contributed by atoms with Crippen molar-refractivity contribution >= 4 is 21.4 Å². The Balaban J connectivity index is 1.61. The van der Waals surface area contributed by atoms with Gasteiger partial charge in [0, 0.05) is 17.3 Å². The number of aliphatic hydroxyl groups is 1. The fourth-order valence-electron chi connectivity index (χ4n) is 5.31. The fourth-order valence-corrected chi connectivity index (χ4v) is 7.24. The minimum Gasteiger partial charge on any atom is -0.390 e. The average Bonchev–Trinajstić information content (AvgIpc) is 2.84. The number of anilines is 1. The standard InChI is InChI=1S/C23H24F3NO4S/c1-12-7-14-9-16(11-17(12)23(14,2)29)32(30,31)21-8-13(3-5-19(21)25)22(28)27-15-4-6-18(24)20(26)10-15/h3-6,8,10,12,14,16-17,29H,7,9,11H2,1-2H3,(H,27,28)/t12-,14?,16+,17+,23+/m0/s1. The highest BCUT2D eigenvalue weighted by Gasteiger charge is 2.56. The lowest BCUT2D eigenvalue weighted by Crippen LogP contribution is -2.46. The van der Waals surface area contributed by atoms with Crippen LogP contribution < -0.4 is 5.32 Å². The van der Waals surface area contributed by atoms with Crippen molar-refractivity contribution in [3.63, 3.8) is 0 Å². The zero-order chi connectivity index (χ0) is 23.4. The highest BCUT2D eigenvalue weighted by Crippen LogP contribution is 2.54. The minimum absolute atomic E-state index is 0.0253. The molecular formula is C23H24F3NO4S. The van der Waals surface area contributed by atoms with Crippen LogP contribution in [0.4, 0.5) is 18.9 Å². The quantitative estimate of drug-likeness (QED) is 0.702. The van der Waals surface area contributed by atoms with Crippen LogP contribution in [0, 0.1) is 35.2 Å². The molecule has 2 fully saturated rings. The van der Waals surface area contributed by atoms with E-state index in [0.29, 0.717) is 6.42 Å². The van der Waals surface area contributed by atoms with Gasteiger partial charge in [0.2, 0.25) is 0 Å². The van der Waals surface area contributed by atoms with Crippen LogP contribution in [-0.2, 0) is 9.84 Å². The van der Waals surface area contributed by atoms with Gasteiger partial charge in [0.1, 0.15) is 10.7 Å².